The van der Waals surface area contributed by atoms with E-state index < -0.39 is 0 Å². The van der Waals surface area contributed by atoms with Crippen LogP contribution < -0.4 is 9.64 Å². The number of hydrogen-bond donors (Lipinski definition) is 0. The molecular formula is C14H15NO2. The molecule has 1 unspecified atom stereocenters. The lowest BCUT2D eigenvalue weighted by Crippen LogP contribution is -2.25. The molecule has 2 rings (SSSR count). The third kappa shape index (κ3) is 1.99. The number of hydrogen-bond acceptors (Lipinski definition) is 2. The minimum atomic E-state index is 0.0214. The summed E-state index contributed by atoms with van der Waals surface area (Å²) in [5.41, 5.74) is 1.87. The third-order valence-corrected chi connectivity index (χ3v) is 3.13. The first-order valence-electron chi connectivity index (χ1n) is 5.57. The molecule has 17 heavy (non-hydrogen) atoms. The minimum Gasteiger partial charge on any atom is -0.496 e. The van der Waals surface area contributed by atoms with Crippen LogP contribution in [0.3, 0.4) is 0 Å². The Balaban J connectivity index is 2.36. The van der Waals surface area contributed by atoms with Crippen LogP contribution in [-0.2, 0) is 4.79 Å². The normalized spacial score (nSPS) is 19.2. The fourth-order valence-corrected chi connectivity index (χ4v) is 2.17. The Morgan fingerprint density at radius 3 is 2.88 bits per heavy atom. The van der Waals surface area contributed by atoms with Gasteiger partial charge in [-0.05, 0) is 19.1 Å². The first-order valence-corrected chi connectivity index (χ1v) is 5.57. The molecule has 0 saturated carbocycles. The molecule has 3 nitrogen and oxygen atoms in total. The second-order valence-corrected chi connectivity index (χ2v) is 4.18. The predicted octanol–water partition coefficient (Wildman–Crippen LogP) is 1.99. The Hall–Kier alpha value is -1.95. The number of ether oxygens (including phenoxy) is 1. The molecule has 0 bridgehead atoms. The minimum absolute atomic E-state index is 0.0214. The van der Waals surface area contributed by atoms with E-state index in [2.05, 4.69) is 5.92 Å². The number of amides is 1. The monoisotopic (exact) mass is 229 g/mol. The van der Waals surface area contributed by atoms with Gasteiger partial charge in [0.05, 0.1) is 12.8 Å². The lowest BCUT2D eigenvalue weighted by molar-refractivity contribution is -0.117. The smallest absolute Gasteiger partial charge is 0.228 e. The fraction of sp³-hybridized carbons (Fsp3) is 0.357. The molecule has 1 aliphatic heterocycles. The van der Waals surface area contributed by atoms with Crippen LogP contribution in [0.2, 0.25) is 0 Å². The van der Waals surface area contributed by atoms with Gasteiger partial charge in [0.2, 0.25) is 5.91 Å². The Kier molecular flexibility index (Phi) is 3.06. The average molecular weight is 229 g/mol. The zero-order valence-electron chi connectivity index (χ0n) is 10.1. The van der Waals surface area contributed by atoms with Gasteiger partial charge in [0.1, 0.15) is 5.75 Å². The summed E-state index contributed by atoms with van der Waals surface area (Å²) < 4.78 is 5.26. The van der Waals surface area contributed by atoms with E-state index >= 15 is 0 Å². The van der Waals surface area contributed by atoms with Gasteiger partial charge < -0.3 is 9.64 Å². The van der Waals surface area contributed by atoms with Crippen molar-refractivity contribution in [3.8, 4) is 18.1 Å². The van der Waals surface area contributed by atoms with E-state index in [1.807, 2.05) is 25.1 Å². The van der Waals surface area contributed by atoms with Gasteiger partial charge in [-0.3, -0.25) is 4.79 Å². The van der Waals surface area contributed by atoms with Crippen LogP contribution in [0.4, 0.5) is 5.69 Å². The average Bonchev–Trinajstić information content (AvgIpc) is 2.71. The van der Waals surface area contributed by atoms with Crippen LogP contribution in [0, 0.1) is 25.2 Å². The highest BCUT2D eigenvalue weighted by Gasteiger charge is 2.30. The standard InChI is InChI=1S/C14H15NO2/c1-4-11-8-14(16)15(9-11)12-6-5-7-13(17-3)10(12)2/h1,5-7,11H,8-9H2,2-3H3. The first kappa shape index (κ1) is 11.5. The van der Waals surface area contributed by atoms with E-state index in [1.165, 1.54) is 0 Å². The first-order chi connectivity index (χ1) is 8.17. The summed E-state index contributed by atoms with van der Waals surface area (Å²) >= 11 is 0. The predicted molar refractivity (Wildman–Crippen MR) is 67.0 cm³/mol. The summed E-state index contributed by atoms with van der Waals surface area (Å²) in [6.45, 7) is 2.55. The van der Waals surface area contributed by atoms with Crippen LogP contribution in [0.1, 0.15) is 12.0 Å². The molecule has 0 N–H and O–H groups in total. The molecule has 88 valence electrons. The van der Waals surface area contributed by atoms with E-state index in [1.54, 1.807) is 12.0 Å². The Labute approximate surface area is 101 Å². The maximum atomic E-state index is 11.9. The van der Waals surface area contributed by atoms with Gasteiger partial charge in [0.15, 0.2) is 0 Å². The number of anilines is 1. The third-order valence-electron chi connectivity index (χ3n) is 3.13. The molecule has 0 aromatic heterocycles. The molecule has 1 atom stereocenters. The fourth-order valence-electron chi connectivity index (χ4n) is 2.17. The quantitative estimate of drug-likeness (QED) is 0.726. The van der Waals surface area contributed by atoms with Crippen molar-refractivity contribution in [1.29, 1.82) is 0 Å². The van der Waals surface area contributed by atoms with Gasteiger partial charge >= 0.3 is 0 Å². The van der Waals surface area contributed by atoms with Crippen molar-refractivity contribution in [3.05, 3.63) is 23.8 Å². The van der Waals surface area contributed by atoms with E-state index in [9.17, 15) is 4.79 Å². The van der Waals surface area contributed by atoms with Gasteiger partial charge in [-0.15, -0.1) is 12.3 Å². The summed E-state index contributed by atoms with van der Waals surface area (Å²) in [5, 5.41) is 0. The molecule has 1 amide bonds. The van der Waals surface area contributed by atoms with Crippen molar-refractivity contribution in [2.75, 3.05) is 18.6 Å². The number of carbonyl (C=O) groups is 1. The molecule has 1 aromatic rings. The van der Waals surface area contributed by atoms with Gasteiger partial charge in [-0.2, -0.15) is 0 Å². The SMILES string of the molecule is C#CC1CC(=O)N(c2cccc(OC)c2C)C1. The van der Waals surface area contributed by atoms with Crippen molar-refractivity contribution in [2.24, 2.45) is 5.92 Å². The molecule has 1 saturated heterocycles. The zero-order valence-corrected chi connectivity index (χ0v) is 10.1. The number of benzene rings is 1. The highest BCUT2D eigenvalue weighted by atomic mass is 16.5. The van der Waals surface area contributed by atoms with Crippen molar-refractivity contribution < 1.29 is 9.53 Å². The molecule has 3 heteroatoms. The molecule has 0 radical (unpaired) electrons. The van der Waals surface area contributed by atoms with Crippen molar-refractivity contribution in [2.45, 2.75) is 13.3 Å². The molecular weight excluding hydrogens is 214 g/mol. The van der Waals surface area contributed by atoms with Gasteiger partial charge in [0.25, 0.3) is 0 Å². The Morgan fingerprint density at radius 2 is 2.29 bits per heavy atom. The zero-order chi connectivity index (χ0) is 12.4. The van der Waals surface area contributed by atoms with E-state index in [4.69, 9.17) is 11.2 Å². The number of terminal acetylenes is 1. The highest BCUT2D eigenvalue weighted by molar-refractivity contribution is 5.97. The molecule has 1 aliphatic rings. The van der Waals surface area contributed by atoms with Crippen LogP contribution in [-0.4, -0.2) is 19.6 Å². The largest absolute Gasteiger partial charge is 0.496 e. The Morgan fingerprint density at radius 1 is 1.53 bits per heavy atom. The van der Waals surface area contributed by atoms with Crippen LogP contribution in [0.25, 0.3) is 0 Å². The van der Waals surface area contributed by atoms with E-state index in [0.29, 0.717) is 13.0 Å². The maximum Gasteiger partial charge on any atom is 0.228 e. The summed E-state index contributed by atoms with van der Waals surface area (Å²) in [6.07, 6.45) is 5.81. The maximum absolute atomic E-state index is 11.9. The lowest BCUT2D eigenvalue weighted by Gasteiger charge is -2.19. The summed E-state index contributed by atoms with van der Waals surface area (Å²) in [5.74, 6) is 3.55. The summed E-state index contributed by atoms with van der Waals surface area (Å²) in [4.78, 5) is 13.6. The van der Waals surface area contributed by atoms with Gasteiger partial charge in [0, 0.05) is 24.4 Å². The molecule has 0 aliphatic carbocycles. The molecule has 1 aromatic carbocycles. The second kappa shape index (κ2) is 4.50. The number of nitrogens with zero attached hydrogens (tertiary/aromatic N) is 1. The summed E-state index contributed by atoms with van der Waals surface area (Å²) in [6, 6.07) is 5.70. The van der Waals surface area contributed by atoms with Gasteiger partial charge in [-0.25, -0.2) is 0 Å². The van der Waals surface area contributed by atoms with Crippen LogP contribution in [0.15, 0.2) is 18.2 Å². The topological polar surface area (TPSA) is 29.5 Å². The van der Waals surface area contributed by atoms with Crippen molar-refractivity contribution in [3.63, 3.8) is 0 Å². The van der Waals surface area contributed by atoms with Crippen molar-refractivity contribution in [1.82, 2.24) is 0 Å². The van der Waals surface area contributed by atoms with Crippen LogP contribution in [0.5, 0.6) is 5.75 Å². The van der Waals surface area contributed by atoms with Crippen LogP contribution >= 0.6 is 0 Å². The second-order valence-electron chi connectivity index (χ2n) is 4.18. The highest BCUT2D eigenvalue weighted by Crippen LogP contribution is 2.32. The molecule has 1 fully saturated rings. The van der Waals surface area contributed by atoms with Gasteiger partial charge in [-0.1, -0.05) is 6.07 Å². The lowest BCUT2D eigenvalue weighted by atomic mass is 10.1. The molecule has 1 heterocycles. The van der Waals surface area contributed by atoms with E-state index in [-0.39, 0.29) is 11.8 Å². The number of methoxy groups -OCH3 is 1. The number of rotatable bonds is 2. The Bertz CT molecular complexity index is 487. The molecule has 0 spiro atoms. The number of carbonyl (C=O) groups excluding carboxylic acids is 1. The van der Waals surface area contributed by atoms with E-state index in [0.717, 1.165) is 17.0 Å². The summed E-state index contributed by atoms with van der Waals surface area (Å²) in [7, 11) is 1.63. The van der Waals surface area contributed by atoms with Crippen molar-refractivity contribution >= 4 is 11.6 Å².